The van der Waals surface area contributed by atoms with Gasteiger partial charge in [0.2, 0.25) is 0 Å². The van der Waals surface area contributed by atoms with Crippen molar-refractivity contribution in [1.29, 1.82) is 0 Å². The van der Waals surface area contributed by atoms with Gasteiger partial charge in [0.15, 0.2) is 6.17 Å². The Kier molecular flexibility index (Phi) is 10.0. The Bertz CT molecular complexity index is 478. The fraction of sp³-hybridized carbons (Fsp3) is 0.818. The molecule has 146 valence electrons. The first-order valence-electron chi connectivity index (χ1n) is 6.29. The summed E-state index contributed by atoms with van der Waals surface area (Å²) in [6.45, 7) is 3.94. The SMILES string of the molecule is C=CCN.O=S(=O)(O)C(F)(F)C(F)(F)C(F)CCCCC(F)(F)F. The van der Waals surface area contributed by atoms with E-state index in [9.17, 15) is 43.5 Å². The summed E-state index contributed by atoms with van der Waals surface area (Å²) in [7, 11) is -6.56. The van der Waals surface area contributed by atoms with Gasteiger partial charge < -0.3 is 5.73 Å². The lowest BCUT2D eigenvalue weighted by Crippen LogP contribution is -2.52. The van der Waals surface area contributed by atoms with Crippen LogP contribution in [0.3, 0.4) is 0 Å². The number of nitrogens with two attached hydrogens (primary N) is 1. The third kappa shape index (κ3) is 8.24. The number of alkyl halides is 8. The minimum atomic E-state index is -6.56. The maximum Gasteiger partial charge on any atom is 0.434 e. The normalized spacial score (nSPS) is 14.6. The zero-order valence-electron chi connectivity index (χ0n) is 12.2. The van der Waals surface area contributed by atoms with Gasteiger partial charge >= 0.3 is 27.5 Å². The topological polar surface area (TPSA) is 80.4 Å². The van der Waals surface area contributed by atoms with Crippen molar-refractivity contribution in [3.8, 4) is 0 Å². The monoisotopic (exact) mass is 395 g/mol. The molecule has 0 aromatic carbocycles. The van der Waals surface area contributed by atoms with Crippen LogP contribution in [-0.4, -0.2) is 43.0 Å². The van der Waals surface area contributed by atoms with E-state index in [1.54, 1.807) is 6.08 Å². The highest BCUT2D eigenvalue weighted by atomic mass is 32.2. The molecule has 0 saturated carbocycles. The van der Waals surface area contributed by atoms with Crippen molar-refractivity contribution in [3.63, 3.8) is 0 Å². The number of halogens is 8. The van der Waals surface area contributed by atoms with Crippen LogP contribution in [0.2, 0.25) is 0 Å². The summed E-state index contributed by atoms with van der Waals surface area (Å²) in [5, 5.41) is -6.07. The van der Waals surface area contributed by atoms with Gasteiger partial charge in [-0.1, -0.05) is 6.08 Å². The molecule has 4 nitrogen and oxygen atoms in total. The molecule has 0 aromatic heterocycles. The summed E-state index contributed by atoms with van der Waals surface area (Å²) in [6, 6.07) is 0. The minimum absolute atomic E-state index is 0.583. The summed E-state index contributed by atoms with van der Waals surface area (Å²) in [5.41, 5.74) is 4.91. The van der Waals surface area contributed by atoms with E-state index in [4.69, 9.17) is 10.3 Å². The second-order valence-corrected chi connectivity index (χ2v) is 5.93. The van der Waals surface area contributed by atoms with Gasteiger partial charge in [0, 0.05) is 13.0 Å². The highest BCUT2D eigenvalue weighted by Gasteiger charge is 2.69. The van der Waals surface area contributed by atoms with Crippen LogP contribution in [0.15, 0.2) is 12.7 Å². The lowest BCUT2D eigenvalue weighted by Gasteiger charge is -2.26. The largest absolute Gasteiger partial charge is 0.434 e. The maximum atomic E-state index is 12.9. The summed E-state index contributed by atoms with van der Waals surface area (Å²) in [6.07, 6.45) is -11.1. The molecule has 0 radical (unpaired) electrons. The Morgan fingerprint density at radius 3 is 1.79 bits per heavy atom. The first kappa shape index (κ1) is 25.3. The molecule has 24 heavy (non-hydrogen) atoms. The zero-order valence-corrected chi connectivity index (χ0v) is 13.0. The fourth-order valence-electron chi connectivity index (χ4n) is 1.18. The summed E-state index contributed by atoms with van der Waals surface area (Å²) in [4.78, 5) is 0. The van der Waals surface area contributed by atoms with Crippen LogP contribution < -0.4 is 5.73 Å². The van der Waals surface area contributed by atoms with Gasteiger partial charge in [-0.3, -0.25) is 4.55 Å². The Hall–Kier alpha value is -0.950. The van der Waals surface area contributed by atoms with Gasteiger partial charge in [-0.2, -0.15) is 39.2 Å². The molecule has 0 aromatic rings. The van der Waals surface area contributed by atoms with Gasteiger partial charge in [0.25, 0.3) is 0 Å². The molecule has 0 aliphatic heterocycles. The Morgan fingerprint density at radius 1 is 1.08 bits per heavy atom. The summed E-state index contributed by atoms with van der Waals surface area (Å²) >= 11 is 0. The smallest absolute Gasteiger partial charge is 0.327 e. The molecule has 0 bridgehead atoms. The third-order valence-electron chi connectivity index (χ3n) is 2.44. The van der Waals surface area contributed by atoms with Gasteiger partial charge in [-0.05, 0) is 19.3 Å². The van der Waals surface area contributed by atoms with Crippen LogP contribution in [0, 0.1) is 0 Å². The molecule has 13 heteroatoms. The van der Waals surface area contributed by atoms with Gasteiger partial charge in [-0.15, -0.1) is 6.58 Å². The molecule has 0 saturated heterocycles. The molecule has 3 N–H and O–H groups in total. The van der Waals surface area contributed by atoms with Crippen molar-refractivity contribution >= 4 is 10.1 Å². The first-order valence-corrected chi connectivity index (χ1v) is 7.73. The Morgan fingerprint density at radius 2 is 1.50 bits per heavy atom. The second-order valence-electron chi connectivity index (χ2n) is 4.47. The van der Waals surface area contributed by atoms with Crippen LogP contribution >= 0.6 is 0 Å². The molecular formula is C11H17F8NO3S. The molecule has 0 spiro atoms. The number of hydrogen-bond acceptors (Lipinski definition) is 3. The van der Waals surface area contributed by atoms with Crippen LogP contribution in [0.1, 0.15) is 25.7 Å². The summed E-state index contributed by atoms with van der Waals surface area (Å²) in [5.74, 6) is -5.75. The highest BCUT2D eigenvalue weighted by Crippen LogP contribution is 2.43. The molecule has 0 amide bonds. The summed E-state index contributed by atoms with van der Waals surface area (Å²) < 4.78 is 127. The van der Waals surface area contributed by atoms with Crippen molar-refractivity contribution in [2.45, 2.75) is 49.2 Å². The number of unbranched alkanes of at least 4 members (excludes halogenated alkanes) is 1. The van der Waals surface area contributed by atoms with E-state index in [1.165, 1.54) is 0 Å². The van der Waals surface area contributed by atoms with Crippen molar-refractivity contribution in [2.24, 2.45) is 5.73 Å². The molecule has 0 aliphatic carbocycles. The average molecular weight is 395 g/mol. The molecule has 0 aliphatic rings. The first-order chi connectivity index (χ1) is 10.5. The Balaban J connectivity index is 0. The van der Waals surface area contributed by atoms with E-state index in [0.717, 1.165) is 0 Å². The standard InChI is InChI=1S/C8H10F8O3S.C3H7N/c9-5(3-1-2-4-6(10,11)12)7(13,14)8(15,16)20(17,18)19;1-2-3-4/h5H,1-4H2,(H,17,18,19);2H,1,3-4H2. The van der Waals surface area contributed by atoms with Crippen LogP contribution in [0.4, 0.5) is 35.1 Å². The quantitative estimate of drug-likeness (QED) is 0.284. The average Bonchev–Trinajstić information content (AvgIpc) is 2.41. The van der Waals surface area contributed by atoms with Gasteiger partial charge in [0.1, 0.15) is 0 Å². The second kappa shape index (κ2) is 9.51. The highest BCUT2D eigenvalue weighted by molar-refractivity contribution is 7.87. The maximum absolute atomic E-state index is 12.9. The number of hydrogen-bond donors (Lipinski definition) is 2. The van der Waals surface area contributed by atoms with Crippen molar-refractivity contribution in [3.05, 3.63) is 12.7 Å². The molecular weight excluding hydrogens is 378 g/mol. The van der Waals surface area contributed by atoms with E-state index in [1.807, 2.05) is 0 Å². The fourth-order valence-corrected chi connectivity index (χ4v) is 1.66. The van der Waals surface area contributed by atoms with Crippen molar-refractivity contribution < 1.29 is 48.1 Å². The van der Waals surface area contributed by atoms with Gasteiger partial charge in [0.05, 0.1) is 0 Å². The lowest BCUT2D eigenvalue weighted by atomic mass is 10.1. The van der Waals surface area contributed by atoms with E-state index < -0.39 is 59.3 Å². The van der Waals surface area contributed by atoms with Gasteiger partial charge in [-0.25, -0.2) is 4.39 Å². The van der Waals surface area contributed by atoms with E-state index in [2.05, 4.69) is 6.58 Å². The molecule has 0 rings (SSSR count). The van der Waals surface area contributed by atoms with E-state index in [0.29, 0.717) is 6.54 Å². The van der Waals surface area contributed by atoms with Crippen molar-refractivity contribution in [2.75, 3.05) is 6.54 Å². The Labute approximate surface area is 133 Å². The molecule has 1 atom stereocenters. The third-order valence-corrected chi connectivity index (χ3v) is 3.36. The van der Waals surface area contributed by atoms with Crippen LogP contribution in [0.25, 0.3) is 0 Å². The molecule has 1 unspecified atom stereocenters. The van der Waals surface area contributed by atoms with E-state index in [-0.39, 0.29) is 0 Å². The predicted octanol–water partition coefficient (Wildman–Crippen LogP) is 3.69. The number of rotatable bonds is 8. The molecule has 0 heterocycles. The van der Waals surface area contributed by atoms with Crippen LogP contribution in [-0.2, 0) is 10.1 Å². The zero-order chi connectivity index (χ0) is 19.8. The molecule has 0 fully saturated rings. The van der Waals surface area contributed by atoms with E-state index >= 15 is 0 Å². The lowest BCUT2D eigenvalue weighted by molar-refractivity contribution is -0.198. The predicted molar refractivity (Wildman–Crippen MR) is 70.1 cm³/mol. The van der Waals surface area contributed by atoms with Crippen molar-refractivity contribution in [1.82, 2.24) is 0 Å². The minimum Gasteiger partial charge on any atom is -0.327 e. The van der Waals surface area contributed by atoms with Crippen LogP contribution in [0.5, 0.6) is 0 Å².